The van der Waals surface area contributed by atoms with Gasteiger partial charge in [-0.15, -0.1) is 0 Å². The average Bonchev–Trinajstić information content (AvgIpc) is 3.78. The molecule has 4 aliphatic rings. The van der Waals surface area contributed by atoms with Crippen molar-refractivity contribution in [2.24, 2.45) is 0 Å². The first-order chi connectivity index (χ1) is 16.2. The van der Waals surface area contributed by atoms with Gasteiger partial charge in [0.25, 0.3) is 0 Å². The molecule has 1 aromatic heterocycles. The van der Waals surface area contributed by atoms with E-state index >= 15 is 0 Å². The van der Waals surface area contributed by atoms with Gasteiger partial charge in [-0.05, 0) is 49.4 Å². The van der Waals surface area contributed by atoms with Crippen molar-refractivity contribution in [3.8, 4) is 11.1 Å². The highest BCUT2D eigenvalue weighted by Gasteiger charge is 2.61. The summed E-state index contributed by atoms with van der Waals surface area (Å²) in [6.45, 7) is 4.43. The molecule has 5 nitrogen and oxygen atoms in total. The molecule has 2 saturated carbocycles. The minimum absolute atomic E-state index is 0.153. The average molecular weight is 441 g/mol. The predicted octanol–water partition coefficient (Wildman–Crippen LogP) is 4.37. The second kappa shape index (κ2) is 7.34. The molecule has 0 amide bonds. The number of benzene rings is 2. The number of anilines is 2. The van der Waals surface area contributed by atoms with E-state index in [4.69, 9.17) is 9.97 Å². The number of piperazine rings is 1. The first-order valence-corrected chi connectivity index (χ1v) is 12.1. The summed E-state index contributed by atoms with van der Waals surface area (Å²) < 4.78 is 14.3. The van der Waals surface area contributed by atoms with Gasteiger partial charge in [0.05, 0.1) is 11.9 Å². The molecule has 2 aromatic carbocycles. The summed E-state index contributed by atoms with van der Waals surface area (Å²) in [5, 5.41) is 0. The van der Waals surface area contributed by atoms with E-state index in [9.17, 15) is 4.39 Å². The van der Waals surface area contributed by atoms with E-state index in [1.807, 2.05) is 12.1 Å². The maximum atomic E-state index is 14.3. The van der Waals surface area contributed by atoms with Crippen LogP contribution in [0.2, 0.25) is 0 Å². The largest absolute Gasteiger partial charge is 0.298 e. The Morgan fingerprint density at radius 2 is 1.67 bits per heavy atom. The molecule has 6 heteroatoms. The van der Waals surface area contributed by atoms with E-state index in [2.05, 4.69) is 32.9 Å². The molecular formula is C27H27FN5. The number of nitrogens with zero attached hydrogens (tertiary/aromatic N) is 5. The highest BCUT2D eigenvalue weighted by molar-refractivity contribution is 5.73. The molecule has 1 radical (unpaired) electrons. The lowest BCUT2D eigenvalue weighted by molar-refractivity contribution is 0.0814. The summed E-state index contributed by atoms with van der Waals surface area (Å²) >= 11 is 0. The van der Waals surface area contributed by atoms with E-state index < -0.39 is 0 Å². The molecule has 3 fully saturated rings. The van der Waals surface area contributed by atoms with Crippen LogP contribution in [0.15, 0.2) is 54.9 Å². The van der Waals surface area contributed by atoms with Gasteiger partial charge in [-0.2, -0.15) is 0 Å². The van der Waals surface area contributed by atoms with Crippen LogP contribution in [-0.2, 0) is 5.41 Å². The van der Waals surface area contributed by atoms with Crippen LogP contribution in [0.3, 0.4) is 0 Å². The molecular weight excluding hydrogens is 413 g/mol. The molecule has 33 heavy (non-hydrogen) atoms. The van der Waals surface area contributed by atoms with Gasteiger partial charge < -0.3 is 0 Å². The van der Waals surface area contributed by atoms with Crippen LogP contribution in [0.4, 0.5) is 16.0 Å². The zero-order valence-corrected chi connectivity index (χ0v) is 18.6. The number of rotatable bonds is 4. The van der Waals surface area contributed by atoms with Crippen LogP contribution in [-0.4, -0.2) is 58.2 Å². The molecule has 3 aromatic rings. The maximum absolute atomic E-state index is 14.3. The fourth-order valence-electron chi connectivity index (χ4n) is 6.02. The Hall–Kier alpha value is -2.83. The van der Waals surface area contributed by atoms with Crippen molar-refractivity contribution >= 4 is 11.6 Å². The number of hydrogen-bond donors (Lipinski definition) is 0. The third kappa shape index (κ3) is 3.11. The first-order valence-electron chi connectivity index (χ1n) is 12.1. The molecule has 1 spiro atoms. The fourth-order valence-corrected chi connectivity index (χ4v) is 6.02. The lowest BCUT2D eigenvalue weighted by atomic mass is 9.94. The van der Waals surface area contributed by atoms with E-state index in [1.165, 1.54) is 43.0 Å². The second-order valence-corrected chi connectivity index (χ2v) is 9.90. The van der Waals surface area contributed by atoms with Crippen molar-refractivity contribution in [3.05, 3.63) is 72.3 Å². The van der Waals surface area contributed by atoms with Gasteiger partial charge in [-0.25, -0.2) is 14.4 Å². The predicted molar refractivity (Wildman–Crippen MR) is 126 cm³/mol. The van der Waals surface area contributed by atoms with Crippen LogP contribution >= 0.6 is 0 Å². The number of aromatic nitrogens is 2. The molecule has 2 aliphatic carbocycles. The van der Waals surface area contributed by atoms with E-state index in [-0.39, 0.29) is 17.4 Å². The van der Waals surface area contributed by atoms with Crippen LogP contribution in [0.5, 0.6) is 0 Å². The zero-order chi connectivity index (χ0) is 22.0. The summed E-state index contributed by atoms with van der Waals surface area (Å²) in [4.78, 5) is 17.2. The Kier molecular flexibility index (Phi) is 4.36. The first kappa shape index (κ1) is 19.6. The summed E-state index contributed by atoms with van der Waals surface area (Å²) in [5.41, 5.74) is 3.96. The Morgan fingerprint density at radius 3 is 2.36 bits per heavy atom. The van der Waals surface area contributed by atoms with Crippen molar-refractivity contribution in [3.63, 3.8) is 0 Å². The Balaban J connectivity index is 1.25. The Bertz CT molecular complexity index is 1180. The molecule has 167 valence electrons. The number of hydrogen-bond acceptors (Lipinski definition) is 5. The van der Waals surface area contributed by atoms with Crippen LogP contribution in [0.1, 0.15) is 31.2 Å². The van der Waals surface area contributed by atoms with Gasteiger partial charge in [0.1, 0.15) is 5.82 Å². The molecule has 1 atom stereocenters. The molecule has 0 N–H and O–H groups in total. The SMILES string of the molecule is Fc1ccccc1-c1cnc(N2c3c[c]ccc3C3(CC3)C2N2CCN(C3CC3)CC2)nc1. The number of halogens is 1. The quantitative estimate of drug-likeness (QED) is 0.602. The van der Waals surface area contributed by atoms with E-state index in [1.54, 1.807) is 24.5 Å². The van der Waals surface area contributed by atoms with Crippen LogP contribution in [0.25, 0.3) is 11.1 Å². The minimum Gasteiger partial charge on any atom is -0.298 e. The standard InChI is InChI=1S/C27H27FN5/c28-23-7-3-1-5-21(23)19-17-29-26(30-18-19)33-24-8-4-2-6-22(24)27(11-12-27)25(33)32-15-13-31(14-16-32)20-9-10-20/h1-3,5-8,17-18,20,25H,9-16H2. The molecule has 2 aliphatic heterocycles. The van der Waals surface area contributed by atoms with Crippen LogP contribution < -0.4 is 4.90 Å². The van der Waals surface area contributed by atoms with Gasteiger partial charge in [0.15, 0.2) is 0 Å². The third-order valence-corrected chi connectivity index (χ3v) is 7.96. The van der Waals surface area contributed by atoms with Gasteiger partial charge in [-0.3, -0.25) is 14.7 Å². The summed E-state index contributed by atoms with van der Waals surface area (Å²) in [6, 6.07) is 17.3. The van der Waals surface area contributed by atoms with Gasteiger partial charge in [0, 0.05) is 61.2 Å². The smallest absolute Gasteiger partial charge is 0.231 e. The molecule has 3 heterocycles. The van der Waals surface area contributed by atoms with Crippen molar-refractivity contribution in [1.29, 1.82) is 0 Å². The molecule has 1 saturated heterocycles. The summed E-state index contributed by atoms with van der Waals surface area (Å²) in [5.74, 6) is 0.438. The molecule has 7 rings (SSSR count). The molecule has 0 bridgehead atoms. The second-order valence-electron chi connectivity index (χ2n) is 9.90. The normalized spacial score (nSPS) is 24.3. The van der Waals surface area contributed by atoms with Crippen molar-refractivity contribution in [2.45, 2.75) is 43.3 Å². The lowest BCUT2D eigenvalue weighted by Gasteiger charge is -2.43. The summed E-state index contributed by atoms with van der Waals surface area (Å²) in [6.07, 6.45) is 8.86. The maximum Gasteiger partial charge on any atom is 0.231 e. The number of fused-ring (bicyclic) bond motifs is 2. The van der Waals surface area contributed by atoms with Crippen LogP contribution in [0, 0.1) is 11.9 Å². The monoisotopic (exact) mass is 440 g/mol. The Labute approximate surface area is 193 Å². The zero-order valence-electron chi connectivity index (χ0n) is 18.6. The van der Waals surface area contributed by atoms with Crippen molar-refractivity contribution in [1.82, 2.24) is 19.8 Å². The third-order valence-electron chi connectivity index (χ3n) is 7.96. The minimum atomic E-state index is -0.252. The highest BCUT2D eigenvalue weighted by Crippen LogP contribution is 2.62. The summed E-state index contributed by atoms with van der Waals surface area (Å²) in [7, 11) is 0. The Morgan fingerprint density at radius 1 is 0.939 bits per heavy atom. The lowest BCUT2D eigenvalue weighted by Crippen LogP contribution is -2.57. The highest BCUT2D eigenvalue weighted by atomic mass is 19.1. The molecule has 1 unspecified atom stereocenters. The van der Waals surface area contributed by atoms with Crippen molar-refractivity contribution in [2.75, 3.05) is 31.1 Å². The topological polar surface area (TPSA) is 35.5 Å². The van der Waals surface area contributed by atoms with E-state index in [0.29, 0.717) is 17.1 Å². The van der Waals surface area contributed by atoms with E-state index in [0.717, 1.165) is 32.2 Å². The van der Waals surface area contributed by atoms with Crippen molar-refractivity contribution < 1.29 is 4.39 Å². The van der Waals surface area contributed by atoms with Gasteiger partial charge >= 0.3 is 0 Å². The van der Waals surface area contributed by atoms with Gasteiger partial charge in [0.2, 0.25) is 5.95 Å². The fraction of sp³-hybridized carbons (Fsp3) is 0.407. The van der Waals surface area contributed by atoms with Gasteiger partial charge in [-0.1, -0.05) is 30.3 Å².